The van der Waals surface area contributed by atoms with Crippen molar-refractivity contribution in [3.05, 3.63) is 60.7 Å². The molecule has 7 heteroatoms. The Hall–Kier alpha value is -2.51. The summed E-state index contributed by atoms with van der Waals surface area (Å²) < 4.78 is 0. The molecule has 2 aromatic carbocycles. The fourth-order valence-electron chi connectivity index (χ4n) is 2.75. The van der Waals surface area contributed by atoms with Crippen LogP contribution in [0.25, 0.3) is 0 Å². The van der Waals surface area contributed by atoms with Gasteiger partial charge in [-0.1, -0.05) is 36.4 Å². The van der Waals surface area contributed by atoms with Crippen molar-refractivity contribution >= 4 is 51.9 Å². The number of rotatable bonds is 6. The maximum Gasteiger partial charge on any atom is 0.255 e. The zero-order valence-corrected chi connectivity index (χ0v) is 15.8. The van der Waals surface area contributed by atoms with Crippen molar-refractivity contribution in [2.45, 2.75) is 18.9 Å². The van der Waals surface area contributed by atoms with Crippen molar-refractivity contribution in [3.63, 3.8) is 0 Å². The molecule has 1 unspecified atom stereocenters. The number of thiocarbonyl (C=S) groups is 2. The average Bonchev–Trinajstić information content (AvgIpc) is 2.94. The lowest BCUT2D eigenvalue weighted by molar-refractivity contribution is -0.118. The normalized spacial score (nSPS) is 16.3. The van der Waals surface area contributed by atoms with E-state index in [1.54, 1.807) is 4.90 Å². The summed E-state index contributed by atoms with van der Waals surface area (Å²) in [4.78, 5) is 14.2. The highest BCUT2D eigenvalue weighted by molar-refractivity contribution is 7.80. The van der Waals surface area contributed by atoms with Gasteiger partial charge in [0.1, 0.15) is 6.04 Å². The summed E-state index contributed by atoms with van der Waals surface area (Å²) in [7, 11) is 0. The maximum absolute atomic E-state index is 12.6. The van der Waals surface area contributed by atoms with E-state index in [9.17, 15) is 4.79 Å². The van der Waals surface area contributed by atoms with Gasteiger partial charge in [-0.15, -0.1) is 0 Å². The van der Waals surface area contributed by atoms with E-state index in [2.05, 4.69) is 16.0 Å². The minimum Gasteiger partial charge on any atom is -0.362 e. The van der Waals surface area contributed by atoms with Crippen LogP contribution < -0.4 is 20.9 Å². The molecule has 1 fully saturated rings. The van der Waals surface area contributed by atoms with Gasteiger partial charge in [-0.25, -0.2) is 0 Å². The van der Waals surface area contributed by atoms with E-state index in [1.807, 2.05) is 60.7 Å². The number of nitrogens with one attached hydrogen (secondary N) is 3. The van der Waals surface area contributed by atoms with Gasteiger partial charge >= 0.3 is 0 Å². The second-order valence-corrected chi connectivity index (χ2v) is 6.70. The van der Waals surface area contributed by atoms with Gasteiger partial charge in [-0.05, 0) is 61.5 Å². The fourth-order valence-corrected chi connectivity index (χ4v) is 3.31. The first-order valence-electron chi connectivity index (χ1n) is 8.44. The van der Waals surface area contributed by atoms with Crippen LogP contribution in [-0.2, 0) is 4.79 Å². The van der Waals surface area contributed by atoms with Crippen LogP contribution >= 0.6 is 24.4 Å². The summed E-state index contributed by atoms with van der Waals surface area (Å²) in [6, 6.07) is 18.9. The molecular formula is C19H20N4OS2. The van der Waals surface area contributed by atoms with Crippen LogP contribution in [0.15, 0.2) is 60.7 Å². The third-order valence-electron chi connectivity index (χ3n) is 4.02. The molecule has 1 heterocycles. The van der Waals surface area contributed by atoms with E-state index in [-0.39, 0.29) is 11.9 Å². The molecule has 1 aliphatic heterocycles. The van der Waals surface area contributed by atoms with E-state index in [4.69, 9.17) is 24.4 Å². The first-order valence-corrected chi connectivity index (χ1v) is 9.26. The third kappa shape index (κ3) is 4.56. The monoisotopic (exact) mass is 384 g/mol. The largest absolute Gasteiger partial charge is 0.362 e. The molecule has 0 bridgehead atoms. The van der Waals surface area contributed by atoms with Gasteiger partial charge in [-0.3, -0.25) is 9.69 Å². The van der Waals surface area contributed by atoms with E-state index in [0.717, 1.165) is 17.8 Å². The van der Waals surface area contributed by atoms with Crippen molar-refractivity contribution in [2.75, 3.05) is 16.8 Å². The molecule has 3 rings (SSSR count). The SMILES string of the molecule is O=C1C(CCCNC(=S)Nc2ccccc2)NC(=S)N1c1ccccc1. The van der Waals surface area contributed by atoms with Gasteiger partial charge in [0, 0.05) is 12.2 Å². The number of hydrogen-bond donors (Lipinski definition) is 3. The highest BCUT2D eigenvalue weighted by Crippen LogP contribution is 2.20. The van der Waals surface area contributed by atoms with Crippen LogP contribution in [0.2, 0.25) is 0 Å². The Bertz CT molecular complexity index is 783. The number of para-hydroxylation sites is 2. The van der Waals surface area contributed by atoms with E-state index >= 15 is 0 Å². The molecule has 0 aliphatic carbocycles. The molecule has 26 heavy (non-hydrogen) atoms. The lowest BCUT2D eigenvalue weighted by atomic mass is 10.1. The summed E-state index contributed by atoms with van der Waals surface area (Å²) in [5.41, 5.74) is 1.74. The lowest BCUT2D eigenvalue weighted by Gasteiger charge is -2.14. The summed E-state index contributed by atoms with van der Waals surface area (Å²) in [5, 5.41) is 10.4. The van der Waals surface area contributed by atoms with Gasteiger partial charge in [0.15, 0.2) is 10.2 Å². The summed E-state index contributed by atoms with van der Waals surface area (Å²) in [6.07, 6.45) is 1.48. The van der Waals surface area contributed by atoms with Gasteiger partial charge in [0.2, 0.25) is 0 Å². The van der Waals surface area contributed by atoms with E-state index in [1.165, 1.54) is 0 Å². The number of hydrogen-bond acceptors (Lipinski definition) is 3. The van der Waals surface area contributed by atoms with Crippen molar-refractivity contribution in [3.8, 4) is 0 Å². The first kappa shape index (κ1) is 18.3. The van der Waals surface area contributed by atoms with Crippen molar-refractivity contribution < 1.29 is 4.79 Å². The van der Waals surface area contributed by atoms with Gasteiger partial charge < -0.3 is 16.0 Å². The molecule has 0 spiro atoms. The number of carbonyl (C=O) groups is 1. The quantitative estimate of drug-likeness (QED) is 0.526. The van der Waals surface area contributed by atoms with Gasteiger partial charge in [0.25, 0.3) is 5.91 Å². The summed E-state index contributed by atoms with van der Waals surface area (Å²) in [5.74, 6) is -0.00816. The average molecular weight is 385 g/mol. The van der Waals surface area contributed by atoms with Crippen LogP contribution in [0.4, 0.5) is 11.4 Å². The second kappa shape index (κ2) is 8.73. The zero-order valence-electron chi connectivity index (χ0n) is 14.1. The first-order chi connectivity index (χ1) is 12.6. The number of amides is 1. The van der Waals surface area contributed by atoms with Crippen LogP contribution in [-0.4, -0.2) is 28.7 Å². The van der Waals surface area contributed by atoms with Crippen molar-refractivity contribution in [1.29, 1.82) is 0 Å². The standard InChI is InChI=1S/C19H20N4OS2/c24-17-16(22-19(26)23(17)15-10-5-2-6-11-15)12-7-13-20-18(25)21-14-8-3-1-4-9-14/h1-6,8-11,16H,7,12-13H2,(H,22,26)(H2,20,21,25). The predicted octanol–water partition coefficient (Wildman–Crippen LogP) is 3.04. The van der Waals surface area contributed by atoms with E-state index in [0.29, 0.717) is 23.2 Å². The number of anilines is 2. The Kier molecular flexibility index (Phi) is 6.14. The Labute approximate surface area is 163 Å². The molecule has 0 aromatic heterocycles. The van der Waals surface area contributed by atoms with Crippen LogP contribution in [0.3, 0.4) is 0 Å². The highest BCUT2D eigenvalue weighted by Gasteiger charge is 2.35. The fraction of sp³-hybridized carbons (Fsp3) is 0.211. The molecule has 0 radical (unpaired) electrons. The minimum absolute atomic E-state index is 0.00816. The molecule has 1 amide bonds. The number of carbonyl (C=O) groups excluding carboxylic acids is 1. The Morgan fingerprint density at radius 1 is 1.08 bits per heavy atom. The predicted molar refractivity (Wildman–Crippen MR) is 113 cm³/mol. The molecule has 5 nitrogen and oxygen atoms in total. The minimum atomic E-state index is -0.292. The summed E-state index contributed by atoms with van der Waals surface area (Å²) in [6.45, 7) is 0.683. The molecule has 3 N–H and O–H groups in total. The smallest absolute Gasteiger partial charge is 0.255 e. The molecule has 1 saturated heterocycles. The molecular weight excluding hydrogens is 364 g/mol. The maximum atomic E-state index is 12.6. The number of nitrogens with zero attached hydrogens (tertiary/aromatic N) is 1. The van der Waals surface area contributed by atoms with Gasteiger partial charge in [0.05, 0.1) is 5.69 Å². The Morgan fingerprint density at radius 2 is 1.73 bits per heavy atom. The van der Waals surface area contributed by atoms with Crippen molar-refractivity contribution in [2.24, 2.45) is 0 Å². The second-order valence-electron chi connectivity index (χ2n) is 5.90. The number of benzene rings is 2. The molecule has 2 aromatic rings. The third-order valence-corrected chi connectivity index (χ3v) is 4.57. The van der Waals surface area contributed by atoms with E-state index < -0.39 is 0 Å². The lowest BCUT2D eigenvalue weighted by Crippen LogP contribution is -2.33. The molecule has 0 saturated carbocycles. The molecule has 1 atom stereocenters. The van der Waals surface area contributed by atoms with Gasteiger partial charge in [-0.2, -0.15) is 0 Å². The zero-order chi connectivity index (χ0) is 18.4. The highest BCUT2D eigenvalue weighted by atomic mass is 32.1. The Balaban J connectivity index is 1.43. The van der Waals surface area contributed by atoms with Crippen LogP contribution in [0, 0.1) is 0 Å². The van der Waals surface area contributed by atoms with Crippen molar-refractivity contribution in [1.82, 2.24) is 10.6 Å². The van der Waals surface area contributed by atoms with Crippen LogP contribution in [0.1, 0.15) is 12.8 Å². The summed E-state index contributed by atoms with van der Waals surface area (Å²) >= 11 is 10.6. The molecule has 1 aliphatic rings. The Morgan fingerprint density at radius 3 is 2.42 bits per heavy atom. The molecule has 134 valence electrons. The topological polar surface area (TPSA) is 56.4 Å². The van der Waals surface area contributed by atoms with Crippen LogP contribution in [0.5, 0.6) is 0 Å².